The summed E-state index contributed by atoms with van der Waals surface area (Å²) in [6.07, 6.45) is 0. The summed E-state index contributed by atoms with van der Waals surface area (Å²) < 4.78 is 17.1. The first-order valence-electron chi connectivity index (χ1n) is 7.87. The molecule has 46 nitrogen and oxygen atoms in total. The SMILES string of the molecule is C[NH+](C)C.C[NH+](C)C.C[NH+](C)C.C[NH+](C)C.C[NH+](C)C.O.O.O.O.O.O.O.O.O.O.O.O.O.O.O.O.O.O.O.O.O.O.O.O.O.O.O.O.O.O.O.O.O.O.O.O.O.O.O.[O]=[Ta]=[O].[Si].[W].[W].[W].[W].[W].[W].[W].[W].[W].[W].[W]. The van der Waals surface area contributed by atoms with Crippen molar-refractivity contribution in [2.24, 2.45) is 0 Å². The largest absolute Gasteiger partial charge is 0 e. The molecule has 529 valence electrons. The van der Waals surface area contributed by atoms with Crippen LogP contribution in [0.3, 0.4) is 0 Å². The van der Waals surface area contributed by atoms with Gasteiger partial charge in [0.05, 0.1) is 106 Å². The van der Waals surface area contributed by atoms with Gasteiger partial charge in [0.25, 0.3) is 0 Å². The predicted octanol–water partition coefficient (Wildman–Crippen LogP) is -39.0. The first kappa shape index (κ1) is 927. The number of quaternary nitrogens is 5. The Bertz CT molecular complexity index is 247. The van der Waals surface area contributed by atoms with Gasteiger partial charge in [0.15, 0.2) is 0 Å². The number of rotatable bonds is 0. The Labute approximate surface area is 605 Å². The standard InChI is InChI=1S/5C3H9N.39H2O.2O.Si.Ta.11W/c5*1-4(2)3;;;;;;;;;;;;;;;;;;;;;;;;;;;;;;;;;;;;;;;;;;;;;;;;;;;;;;/h5*1-3H3;39*1H2;;;;;;;;;;;;;;;/p+5. The van der Waals surface area contributed by atoms with Gasteiger partial charge in [-0.2, -0.15) is 0 Å². The Morgan fingerprint density at radius 1 is 0.149 bits per heavy atom. The van der Waals surface area contributed by atoms with Crippen LogP contribution in [0.1, 0.15) is 0 Å². The molecule has 0 saturated carbocycles. The Balaban J connectivity index is -0.000000000749. The van der Waals surface area contributed by atoms with Crippen molar-refractivity contribution in [3.63, 3.8) is 0 Å². The van der Waals surface area contributed by atoms with Crippen LogP contribution < -0.4 is 24.5 Å². The normalized spacial score (nSPS) is 2.54. The van der Waals surface area contributed by atoms with Gasteiger partial charge in [0.2, 0.25) is 0 Å². The van der Waals surface area contributed by atoms with Crippen molar-refractivity contribution < 1.29 is 496 Å². The summed E-state index contributed by atoms with van der Waals surface area (Å²) in [6, 6.07) is 0. The topological polar surface area (TPSA) is 1280 Å². The van der Waals surface area contributed by atoms with E-state index in [1.807, 2.05) is 0 Å². The van der Waals surface area contributed by atoms with Crippen molar-refractivity contribution in [2.75, 3.05) is 106 Å². The van der Waals surface area contributed by atoms with E-state index in [-0.39, 0.29) is 456 Å². The molecule has 0 aromatic heterocycles. The Kier molecular flexibility index (Phi) is 12200. The smallest absolute Gasteiger partial charge is 0 e. The van der Waals surface area contributed by atoms with E-state index in [1.165, 1.54) is 24.5 Å². The molecular formula is C15H128N5O41SiTaW11+5. The minimum atomic E-state index is -2.33. The first-order valence-corrected chi connectivity index (χ1v) is 10.5. The van der Waals surface area contributed by atoms with Crippen molar-refractivity contribution >= 4 is 11.0 Å². The summed E-state index contributed by atoms with van der Waals surface area (Å²) in [5, 5.41) is 0. The average Bonchev–Trinajstić information content (AvgIpc) is 2.11. The molecular weight excluding hydrogens is 3140 g/mol. The molecule has 0 aromatic carbocycles. The van der Waals surface area contributed by atoms with Gasteiger partial charge in [-0.05, 0) is 0 Å². The third-order valence-electron chi connectivity index (χ3n) is 0. The minimum Gasteiger partial charge on any atom is 0 e. The Morgan fingerprint density at radius 3 is 0.149 bits per heavy atom. The average molecular weight is 3270 g/mol. The van der Waals surface area contributed by atoms with E-state index < -0.39 is 19.7 Å². The molecule has 0 aliphatic heterocycles. The first-order chi connectivity index (χ1) is 10.1. The van der Waals surface area contributed by atoms with Crippen LogP contribution >= 0.6 is 0 Å². The maximum absolute atomic E-state index is 8.56. The quantitative estimate of drug-likeness (QED) is 0.148. The zero-order chi connectivity index (χ0) is 20.6. The van der Waals surface area contributed by atoms with Gasteiger partial charge in [-0.15, -0.1) is 0 Å². The van der Waals surface area contributed by atoms with Crippen molar-refractivity contribution in [3.05, 3.63) is 0 Å². The van der Waals surface area contributed by atoms with Crippen molar-refractivity contribution in [2.45, 2.75) is 0 Å². The van der Waals surface area contributed by atoms with Crippen LogP contribution in [-0.4, -0.2) is 330 Å². The van der Waals surface area contributed by atoms with E-state index in [1.54, 1.807) is 0 Å². The van der Waals surface area contributed by atoms with E-state index in [4.69, 9.17) is 6.50 Å². The molecule has 0 amide bonds. The molecule has 0 rings (SSSR count). The van der Waals surface area contributed by atoms with E-state index >= 15 is 0 Å². The zero-order valence-electron chi connectivity index (χ0n) is 43.3. The van der Waals surface area contributed by atoms with Crippen molar-refractivity contribution in [1.82, 2.24) is 0 Å². The van der Waals surface area contributed by atoms with Crippen molar-refractivity contribution in [3.8, 4) is 0 Å². The summed E-state index contributed by atoms with van der Waals surface area (Å²) in [5.41, 5.74) is 0. The molecule has 0 unspecified atom stereocenters. The fraction of sp³-hybridized carbons (Fsp3) is 1.00. The summed E-state index contributed by atoms with van der Waals surface area (Å²) in [6.45, 7) is 0. The summed E-state index contributed by atoms with van der Waals surface area (Å²) in [7, 11) is 31.2. The molecule has 83 N–H and O–H groups in total. The van der Waals surface area contributed by atoms with Crippen LogP contribution in [0.15, 0.2) is 0 Å². The Morgan fingerprint density at radius 2 is 0.149 bits per heavy atom. The molecule has 0 aliphatic rings. The van der Waals surface area contributed by atoms with E-state index in [9.17, 15) is 0 Å². The van der Waals surface area contributed by atoms with Gasteiger partial charge < -0.3 is 238 Å². The minimum absolute atomic E-state index is 0. The molecule has 0 aliphatic carbocycles. The molecule has 59 heteroatoms. The second-order valence-corrected chi connectivity index (χ2v) is 8.11. The van der Waals surface area contributed by atoms with Crippen LogP contribution in [0.2, 0.25) is 0 Å². The number of hydrogen-bond donors (Lipinski definition) is 5. The van der Waals surface area contributed by atoms with Crippen LogP contribution in [0, 0.1) is 0 Å². The third kappa shape index (κ3) is 11600. The second-order valence-electron chi connectivity index (χ2n) is 7.57. The van der Waals surface area contributed by atoms with Gasteiger partial charge in [-0.1, -0.05) is 0 Å². The van der Waals surface area contributed by atoms with E-state index in [0.717, 1.165) is 0 Å². The maximum Gasteiger partial charge on any atom is 0 e. The summed E-state index contributed by atoms with van der Waals surface area (Å²) >= 11 is -2.33. The molecule has 4 radical (unpaired) electrons. The maximum atomic E-state index is 8.56. The van der Waals surface area contributed by atoms with Crippen LogP contribution in [-0.2, 0) is 258 Å². The molecule has 0 fully saturated rings. The number of nitrogens with one attached hydrogen (secondary N) is 5. The molecule has 0 saturated heterocycles. The van der Waals surface area contributed by atoms with Gasteiger partial charge in [0, 0.05) is 243 Å². The van der Waals surface area contributed by atoms with Gasteiger partial charge in [0.1, 0.15) is 0 Å². The molecule has 0 bridgehead atoms. The molecule has 74 heavy (non-hydrogen) atoms. The van der Waals surface area contributed by atoms with Gasteiger partial charge in [-0.3, -0.25) is 0 Å². The second kappa shape index (κ2) is 974. The summed E-state index contributed by atoms with van der Waals surface area (Å²) in [5.74, 6) is 0. The van der Waals surface area contributed by atoms with Gasteiger partial charge in [-0.25, -0.2) is 0 Å². The van der Waals surface area contributed by atoms with Crippen LogP contribution in [0.25, 0.3) is 0 Å². The fourth-order valence-corrected chi connectivity index (χ4v) is 0. The van der Waals surface area contributed by atoms with Crippen LogP contribution in [0.5, 0.6) is 0 Å². The number of hydrogen-bond acceptors (Lipinski definition) is 2. The third-order valence-corrected chi connectivity index (χ3v) is 0. The molecule has 0 heterocycles. The van der Waals surface area contributed by atoms with Crippen molar-refractivity contribution in [1.29, 1.82) is 0 Å². The molecule has 0 spiro atoms. The van der Waals surface area contributed by atoms with Crippen LogP contribution in [0.4, 0.5) is 0 Å². The fourth-order valence-electron chi connectivity index (χ4n) is 0. The Hall–Kier alpha value is 6.37. The predicted molar refractivity (Wildman–Crippen MR) is 242 cm³/mol. The molecule has 0 aromatic rings. The zero-order valence-corrected chi connectivity index (χ0v) is 79.7. The van der Waals surface area contributed by atoms with E-state index in [2.05, 4.69) is 106 Å². The summed E-state index contributed by atoms with van der Waals surface area (Å²) in [4.78, 5) is 7.08. The van der Waals surface area contributed by atoms with Gasteiger partial charge >= 0.3 is 26.2 Å². The molecule has 0 atom stereocenters. The van der Waals surface area contributed by atoms with E-state index in [0.29, 0.717) is 0 Å². The monoisotopic (exact) mass is 3270 g/mol.